The lowest BCUT2D eigenvalue weighted by Crippen LogP contribution is -2.41. The maximum Gasteiger partial charge on any atom is 0.314 e. The van der Waals surface area contributed by atoms with Crippen molar-refractivity contribution in [2.75, 3.05) is 39.4 Å². The maximum absolute atomic E-state index is 12.4. The molecule has 1 fully saturated rings. The Morgan fingerprint density at radius 1 is 1.08 bits per heavy atom. The molecule has 0 aliphatic carbocycles. The normalized spacial score (nSPS) is 16.5. The summed E-state index contributed by atoms with van der Waals surface area (Å²) < 4.78 is 32.5. The minimum absolute atomic E-state index is 0.0275. The second-order valence-electron chi connectivity index (χ2n) is 5.47. The van der Waals surface area contributed by atoms with Crippen molar-refractivity contribution in [1.82, 2.24) is 19.6 Å². The van der Waals surface area contributed by atoms with Crippen LogP contribution in [0.3, 0.4) is 0 Å². The second-order valence-corrected chi connectivity index (χ2v) is 7.23. The molecule has 2 aromatic rings. The van der Waals surface area contributed by atoms with Crippen molar-refractivity contribution in [2.24, 2.45) is 0 Å². The van der Waals surface area contributed by atoms with Gasteiger partial charge in [0.15, 0.2) is 0 Å². The zero-order valence-corrected chi connectivity index (χ0v) is 13.7. The Morgan fingerprint density at radius 2 is 1.75 bits per heavy atom. The molecule has 0 spiro atoms. The molecule has 1 aromatic heterocycles. The number of hydrogen-bond donors (Lipinski definition) is 3. The lowest BCUT2D eigenvalue weighted by Gasteiger charge is -2.26. The Labute approximate surface area is 137 Å². The average molecular weight is 354 g/mol. The summed E-state index contributed by atoms with van der Waals surface area (Å²) in [5.74, 6) is 0. The van der Waals surface area contributed by atoms with Crippen molar-refractivity contribution < 1.29 is 13.2 Å². The number of benzene rings is 1. The fourth-order valence-corrected chi connectivity index (χ4v) is 3.55. The summed E-state index contributed by atoms with van der Waals surface area (Å²) in [5.41, 5.74) is -0.971. The molecule has 2 heterocycles. The van der Waals surface area contributed by atoms with Crippen LogP contribution in [0.1, 0.15) is 0 Å². The van der Waals surface area contributed by atoms with Crippen molar-refractivity contribution in [3.8, 4) is 0 Å². The zero-order valence-electron chi connectivity index (χ0n) is 12.9. The summed E-state index contributed by atoms with van der Waals surface area (Å²) >= 11 is 0. The SMILES string of the molecule is O=c1[nH]c2ccc(S(=O)(=O)NCCN3CCOCC3)cc2[nH]c1=O. The first-order valence-corrected chi connectivity index (χ1v) is 9.00. The van der Waals surface area contributed by atoms with E-state index in [1.54, 1.807) is 0 Å². The third-order valence-electron chi connectivity index (χ3n) is 3.83. The number of nitrogens with zero attached hydrogens (tertiary/aromatic N) is 1. The fourth-order valence-electron chi connectivity index (χ4n) is 2.51. The quantitative estimate of drug-likeness (QED) is 0.581. The van der Waals surface area contributed by atoms with Crippen LogP contribution in [-0.4, -0.2) is 62.7 Å². The van der Waals surface area contributed by atoms with Crippen LogP contribution >= 0.6 is 0 Å². The molecule has 10 heteroatoms. The van der Waals surface area contributed by atoms with Crippen molar-refractivity contribution in [3.05, 3.63) is 38.9 Å². The van der Waals surface area contributed by atoms with Gasteiger partial charge in [0, 0.05) is 26.2 Å². The molecule has 1 saturated heterocycles. The van der Waals surface area contributed by atoms with Crippen molar-refractivity contribution >= 4 is 21.1 Å². The summed E-state index contributed by atoms with van der Waals surface area (Å²) in [6.45, 7) is 3.76. The minimum Gasteiger partial charge on any atom is -0.379 e. The van der Waals surface area contributed by atoms with Gasteiger partial charge in [0.1, 0.15) is 0 Å². The predicted molar refractivity (Wildman–Crippen MR) is 87.6 cm³/mol. The van der Waals surface area contributed by atoms with Crippen LogP contribution in [0.15, 0.2) is 32.7 Å². The summed E-state index contributed by atoms with van der Waals surface area (Å²) in [4.78, 5) is 29.5. The summed E-state index contributed by atoms with van der Waals surface area (Å²) in [6.07, 6.45) is 0. The van der Waals surface area contributed by atoms with Gasteiger partial charge in [-0.15, -0.1) is 0 Å². The lowest BCUT2D eigenvalue weighted by molar-refractivity contribution is 0.0390. The Hall–Kier alpha value is -2.01. The predicted octanol–water partition coefficient (Wildman–Crippen LogP) is -1.17. The Morgan fingerprint density at radius 3 is 2.46 bits per heavy atom. The van der Waals surface area contributed by atoms with E-state index in [0.717, 1.165) is 13.1 Å². The number of aromatic amines is 2. The summed E-state index contributed by atoms with van der Waals surface area (Å²) in [7, 11) is -3.70. The first-order chi connectivity index (χ1) is 11.5. The molecule has 0 saturated carbocycles. The van der Waals surface area contributed by atoms with Gasteiger partial charge in [-0.05, 0) is 18.2 Å². The van der Waals surface area contributed by atoms with Crippen molar-refractivity contribution in [2.45, 2.75) is 4.90 Å². The Bertz CT molecular complexity index is 944. The van der Waals surface area contributed by atoms with Gasteiger partial charge in [0.2, 0.25) is 10.0 Å². The molecule has 3 rings (SSSR count). The molecule has 9 nitrogen and oxygen atoms in total. The van der Waals surface area contributed by atoms with E-state index in [9.17, 15) is 18.0 Å². The number of aromatic nitrogens is 2. The Balaban J connectivity index is 1.74. The van der Waals surface area contributed by atoms with Gasteiger partial charge in [0.25, 0.3) is 0 Å². The monoisotopic (exact) mass is 354 g/mol. The van der Waals surface area contributed by atoms with Crippen molar-refractivity contribution in [3.63, 3.8) is 0 Å². The number of nitrogens with one attached hydrogen (secondary N) is 3. The highest BCUT2D eigenvalue weighted by Gasteiger charge is 2.16. The van der Waals surface area contributed by atoms with Gasteiger partial charge >= 0.3 is 11.1 Å². The molecule has 3 N–H and O–H groups in total. The molecule has 1 aliphatic rings. The zero-order chi connectivity index (χ0) is 17.2. The topological polar surface area (TPSA) is 124 Å². The van der Waals surface area contributed by atoms with E-state index < -0.39 is 21.1 Å². The number of sulfonamides is 1. The molecule has 1 aromatic carbocycles. The van der Waals surface area contributed by atoms with Gasteiger partial charge in [-0.2, -0.15) is 0 Å². The third kappa shape index (κ3) is 3.73. The van der Waals surface area contributed by atoms with Crippen molar-refractivity contribution in [1.29, 1.82) is 0 Å². The minimum atomic E-state index is -3.70. The standard InChI is InChI=1S/C14H18N4O5S/c19-13-14(20)17-12-9-10(1-2-11(12)16-13)24(21,22)15-3-4-18-5-7-23-8-6-18/h1-2,9,15H,3-8H2,(H,16,19)(H,17,20). The van der Waals surface area contributed by atoms with E-state index >= 15 is 0 Å². The van der Waals surface area contributed by atoms with Gasteiger partial charge < -0.3 is 14.7 Å². The van der Waals surface area contributed by atoms with Crippen LogP contribution in [0.2, 0.25) is 0 Å². The molecule has 130 valence electrons. The fraction of sp³-hybridized carbons (Fsp3) is 0.429. The summed E-state index contributed by atoms with van der Waals surface area (Å²) in [5, 5.41) is 0. The number of H-pyrrole nitrogens is 2. The number of morpholine rings is 1. The van der Waals surface area contributed by atoms with Crippen LogP contribution < -0.4 is 15.8 Å². The first kappa shape index (κ1) is 16.8. The Kier molecular flexibility index (Phi) is 4.81. The van der Waals surface area contributed by atoms with Crippen LogP contribution in [0.4, 0.5) is 0 Å². The molecule has 24 heavy (non-hydrogen) atoms. The van der Waals surface area contributed by atoms with E-state index in [2.05, 4.69) is 19.6 Å². The highest BCUT2D eigenvalue weighted by atomic mass is 32.2. The highest BCUT2D eigenvalue weighted by molar-refractivity contribution is 7.89. The molecule has 0 amide bonds. The number of hydrogen-bond acceptors (Lipinski definition) is 6. The largest absolute Gasteiger partial charge is 0.379 e. The van der Waals surface area contributed by atoms with E-state index in [4.69, 9.17) is 4.74 Å². The van der Waals surface area contributed by atoms with E-state index in [-0.39, 0.29) is 17.0 Å². The maximum atomic E-state index is 12.4. The molecular weight excluding hydrogens is 336 g/mol. The third-order valence-corrected chi connectivity index (χ3v) is 5.29. The van der Waals surface area contributed by atoms with Gasteiger partial charge in [-0.25, -0.2) is 13.1 Å². The average Bonchev–Trinajstić information content (AvgIpc) is 2.56. The van der Waals surface area contributed by atoms with Crippen LogP contribution in [0.25, 0.3) is 11.0 Å². The first-order valence-electron chi connectivity index (χ1n) is 7.52. The van der Waals surface area contributed by atoms with Gasteiger partial charge in [0.05, 0.1) is 29.1 Å². The van der Waals surface area contributed by atoms with Gasteiger partial charge in [-0.1, -0.05) is 0 Å². The number of fused-ring (bicyclic) bond motifs is 1. The van der Waals surface area contributed by atoms with E-state index in [1.165, 1.54) is 18.2 Å². The number of ether oxygens (including phenoxy) is 1. The van der Waals surface area contributed by atoms with E-state index in [0.29, 0.717) is 25.3 Å². The molecule has 1 aliphatic heterocycles. The van der Waals surface area contributed by atoms with Crippen LogP contribution in [-0.2, 0) is 14.8 Å². The van der Waals surface area contributed by atoms with Gasteiger partial charge in [-0.3, -0.25) is 14.5 Å². The van der Waals surface area contributed by atoms with Crippen LogP contribution in [0.5, 0.6) is 0 Å². The molecule has 0 atom stereocenters. The molecule has 0 unspecified atom stereocenters. The second kappa shape index (κ2) is 6.85. The summed E-state index contributed by atoms with van der Waals surface area (Å²) in [6, 6.07) is 4.15. The lowest BCUT2D eigenvalue weighted by atomic mass is 10.3. The molecule has 0 radical (unpaired) electrons. The molecular formula is C14H18N4O5S. The molecule has 0 bridgehead atoms. The smallest absolute Gasteiger partial charge is 0.314 e. The van der Waals surface area contributed by atoms with E-state index in [1.807, 2.05) is 0 Å². The van der Waals surface area contributed by atoms with Crippen LogP contribution in [0, 0.1) is 0 Å². The number of rotatable bonds is 5. The highest BCUT2D eigenvalue weighted by Crippen LogP contribution is 2.14.